The van der Waals surface area contributed by atoms with Gasteiger partial charge in [-0.25, -0.2) is 9.07 Å². The summed E-state index contributed by atoms with van der Waals surface area (Å²) >= 11 is 5.19. The summed E-state index contributed by atoms with van der Waals surface area (Å²) in [4.78, 5) is 0. The number of hydrogen-bond acceptors (Lipinski definition) is 2. The first kappa shape index (κ1) is 13.3. The lowest BCUT2D eigenvalue weighted by molar-refractivity contribution is 0.0206. The number of hydrogen-bond donors (Lipinski definition) is 1. The molecule has 0 saturated heterocycles. The predicted octanol–water partition coefficient (Wildman–Crippen LogP) is 3.95. The summed E-state index contributed by atoms with van der Waals surface area (Å²) in [6, 6.07) is 5.74. The van der Waals surface area contributed by atoms with Crippen LogP contribution < -0.4 is 5.32 Å². The molecule has 0 saturated carbocycles. The lowest BCUT2D eigenvalue weighted by atomic mass is 9.97. The number of benzene rings is 1. The molecular formula is C13H11ClF3N3. The second kappa shape index (κ2) is 4.70. The Kier molecular flexibility index (Phi) is 3.12. The molecule has 2 atom stereocenters. The summed E-state index contributed by atoms with van der Waals surface area (Å²) in [6.45, 7) is 0. The van der Waals surface area contributed by atoms with Crippen molar-refractivity contribution in [3.63, 3.8) is 0 Å². The number of aromatic nitrogens is 2. The van der Waals surface area contributed by atoms with Crippen molar-refractivity contribution in [1.29, 1.82) is 0 Å². The van der Waals surface area contributed by atoms with Crippen molar-refractivity contribution in [2.45, 2.75) is 23.9 Å². The summed E-state index contributed by atoms with van der Waals surface area (Å²) in [6.07, 6.45) is 1.50. The summed E-state index contributed by atoms with van der Waals surface area (Å²) < 4.78 is 41.2. The molecule has 3 rings (SSSR count). The van der Waals surface area contributed by atoms with Crippen LogP contribution in [0.5, 0.6) is 0 Å². The standard InChI is InChI=1S/C13H11ClF3N3/c14-13(16,17)11-7-10(8-1-3-9(15)4-2-8)19-12-5-6-18-20(11)12/h1-6,10-11,19H,7H2/t10-,11+/m1/s1. The van der Waals surface area contributed by atoms with Gasteiger partial charge in [-0.2, -0.15) is 13.9 Å². The van der Waals surface area contributed by atoms with Crippen LogP contribution in [0.3, 0.4) is 0 Å². The number of rotatable bonds is 2. The monoisotopic (exact) mass is 301 g/mol. The van der Waals surface area contributed by atoms with Gasteiger partial charge < -0.3 is 5.32 Å². The number of nitrogens with one attached hydrogen (secondary N) is 1. The topological polar surface area (TPSA) is 29.9 Å². The Morgan fingerprint density at radius 1 is 1.25 bits per heavy atom. The van der Waals surface area contributed by atoms with Crippen molar-refractivity contribution in [3.8, 4) is 0 Å². The van der Waals surface area contributed by atoms with Crippen molar-refractivity contribution < 1.29 is 13.2 Å². The molecule has 0 fully saturated rings. The Morgan fingerprint density at radius 3 is 2.60 bits per heavy atom. The van der Waals surface area contributed by atoms with Gasteiger partial charge in [0.1, 0.15) is 17.7 Å². The van der Waals surface area contributed by atoms with Crippen molar-refractivity contribution in [3.05, 3.63) is 47.9 Å². The third kappa shape index (κ3) is 2.35. The Labute approximate surface area is 118 Å². The van der Waals surface area contributed by atoms with Crippen LogP contribution in [-0.2, 0) is 0 Å². The van der Waals surface area contributed by atoms with Crippen molar-refractivity contribution >= 4 is 17.4 Å². The first-order valence-corrected chi connectivity index (χ1v) is 6.45. The van der Waals surface area contributed by atoms with Gasteiger partial charge in [0, 0.05) is 12.5 Å². The lowest BCUT2D eigenvalue weighted by Crippen LogP contribution is -2.35. The van der Waals surface area contributed by atoms with Crippen LogP contribution in [0.4, 0.5) is 19.0 Å². The molecule has 1 aliphatic rings. The van der Waals surface area contributed by atoms with E-state index in [1.807, 2.05) is 0 Å². The second-order valence-corrected chi connectivity index (χ2v) is 5.21. The number of halogens is 4. The van der Waals surface area contributed by atoms with Crippen LogP contribution in [0.15, 0.2) is 36.5 Å². The van der Waals surface area contributed by atoms with E-state index in [1.165, 1.54) is 23.0 Å². The molecule has 1 N–H and O–H groups in total. The Bertz CT molecular complexity index is 606. The van der Waals surface area contributed by atoms with Gasteiger partial charge in [0.2, 0.25) is 0 Å². The fourth-order valence-electron chi connectivity index (χ4n) is 2.42. The number of alkyl halides is 3. The number of fused-ring (bicyclic) bond motifs is 1. The van der Waals surface area contributed by atoms with Gasteiger partial charge in [0.25, 0.3) is 0 Å². The minimum atomic E-state index is -3.40. The molecule has 0 spiro atoms. The van der Waals surface area contributed by atoms with E-state index in [4.69, 9.17) is 11.6 Å². The summed E-state index contributed by atoms with van der Waals surface area (Å²) in [5, 5.41) is 3.58. The number of nitrogens with zero attached hydrogens (tertiary/aromatic N) is 2. The van der Waals surface area contributed by atoms with Crippen LogP contribution in [0.2, 0.25) is 0 Å². The molecule has 20 heavy (non-hydrogen) atoms. The molecular weight excluding hydrogens is 291 g/mol. The smallest absolute Gasteiger partial charge is 0.343 e. The SMILES string of the molecule is Fc1ccc([C@H]2C[C@@H](C(F)(F)Cl)n3nccc3N2)cc1. The van der Waals surface area contributed by atoms with Crippen LogP contribution >= 0.6 is 11.6 Å². The first-order valence-electron chi connectivity index (χ1n) is 6.07. The maximum atomic E-state index is 13.5. The van der Waals surface area contributed by atoms with Gasteiger partial charge in [-0.1, -0.05) is 12.1 Å². The van der Waals surface area contributed by atoms with E-state index in [0.29, 0.717) is 5.82 Å². The average molecular weight is 302 g/mol. The minimum Gasteiger partial charge on any atom is -0.363 e. The maximum absolute atomic E-state index is 13.5. The Hall–Kier alpha value is -1.69. The van der Waals surface area contributed by atoms with Gasteiger partial charge in [0.15, 0.2) is 0 Å². The zero-order valence-corrected chi connectivity index (χ0v) is 11.0. The molecule has 106 valence electrons. The predicted molar refractivity (Wildman–Crippen MR) is 69.4 cm³/mol. The van der Waals surface area contributed by atoms with Gasteiger partial charge in [0.05, 0.1) is 12.2 Å². The lowest BCUT2D eigenvalue weighted by Gasteiger charge is -2.34. The average Bonchev–Trinajstić information content (AvgIpc) is 2.85. The molecule has 1 aliphatic heterocycles. The van der Waals surface area contributed by atoms with E-state index in [1.54, 1.807) is 18.2 Å². The van der Waals surface area contributed by atoms with Crippen LogP contribution in [0.25, 0.3) is 0 Å². The van der Waals surface area contributed by atoms with Crippen LogP contribution in [-0.4, -0.2) is 15.2 Å². The van der Waals surface area contributed by atoms with Gasteiger partial charge in [-0.15, -0.1) is 0 Å². The first-order chi connectivity index (χ1) is 9.45. The fourth-order valence-corrected chi connectivity index (χ4v) is 2.61. The van der Waals surface area contributed by atoms with Crippen molar-refractivity contribution in [2.24, 2.45) is 0 Å². The fraction of sp³-hybridized carbons (Fsp3) is 0.308. The molecule has 1 aromatic heterocycles. The van der Waals surface area contributed by atoms with E-state index >= 15 is 0 Å². The van der Waals surface area contributed by atoms with E-state index < -0.39 is 11.4 Å². The highest BCUT2D eigenvalue weighted by Crippen LogP contribution is 2.44. The zero-order valence-electron chi connectivity index (χ0n) is 10.2. The largest absolute Gasteiger partial charge is 0.363 e. The van der Waals surface area contributed by atoms with Crippen LogP contribution in [0, 0.1) is 5.82 Å². The quantitative estimate of drug-likeness (QED) is 0.851. The molecule has 0 radical (unpaired) electrons. The molecule has 0 amide bonds. The zero-order chi connectivity index (χ0) is 14.3. The minimum absolute atomic E-state index is 0.0663. The molecule has 7 heteroatoms. The maximum Gasteiger partial charge on any atom is 0.343 e. The van der Waals surface area contributed by atoms with E-state index in [2.05, 4.69) is 10.4 Å². The van der Waals surface area contributed by atoms with Crippen LogP contribution in [0.1, 0.15) is 24.1 Å². The number of anilines is 1. The second-order valence-electron chi connectivity index (χ2n) is 4.70. The summed E-state index contributed by atoms with van der Waals surface area (Å²) in [7, 11) is 0. The van der Waals surface area contributed by atoms with Crippen molar-refractivity contribution in [1.82, 2.24) is 9.78 Å². The third-order valence-electron chi connectivity index (χ3n) is 3.40. The molecule has 0 bridgehead atoms. The highest BCUT2D eigenvalue weighted by molar-refractivity contribution is 6.22. The summed E-state index contributed by atoms with van der Waals surface area (Å²) in [5.74, 6) is 0.102. The highest BCUT2D eigenvalue weighted by Gasteiger charge is 2.44. The molecule has 2 heterocycles. The van der Waals surface area contributed by atoms with Gasteiger partial charge >= 0.3 is 5.38 Å². The molecule has 0 aliphatic carbocycles. The molecule has 1 aromatic carbocycles. The molecule has 0 unspecified atom stereocenters. The van der Waals surface area contributed by atoms with E-state index in [0.717, 1.165) is 5.56 Å². The Balaban J connectivity index is 1.95. The third-order valence-corrected chi connectivity index (χ3v) is 3.65. The summed E-state index contributed by atoms with van der Waals surface area (Å²) in [5.41, 5.74) is 0.727. The van der Waals surface area contributed by atoms with Gasteiger partial charge in [-0.05, 0) is 29.3 Å². The Morgan fingerprint density at radius 2 is 1.95 bits per heavy atom. The van der Waals surface area contributed by atoms with Crippen molar-refractivity contribution in [2.75, 3.05) is 5.32 Å². The molecule has 3 nitrogen and oxygen atoms in total. The molecule has 2 aromatic rings. The highest BCUT2D eigenvalue weighted by atomic mass is 35.5. The van der Waals surface area contributed by atoms with Gasteiger partial charge in [-0.3, -0.25) is 0 Å². The normalized spacial score (nSPS) is 22.2. The van der Waals surface area contributed by atoms with E-state index in [9.17, 15) is 13.2 Å². The van der Waals surface area contributed by atoms with E-state index in [-0.39, 0.29) is 18.3 Å².